The van der Waals surface area contributed by atoms with E-state index in [-0.39, 0.29) is 0 Å². The number of methoxy groups -OCH3 is 1. The van der Waals surface area contributed by atoms with Gasteiger partial charge in [0.05, 0.1) is 0 Å². The van der Waals surface area contributed by atoms with Crippen LogP contribution in [-0.2, 0) is 9.53 Å². The second-order valence-electron chi connectivity index (χ2n) is 1.01. The van der Waals surface area contributed by atoms with E-state index in [0.29, 0.717) is 0 Å². The topological polar surface area (TPSA) is 52.3 Å². The molecule has 0 spiro atoms. The van der Waals surface area contributed by atoms with Gasteiger partial charge < -0.3 is 10.5 Å². The summed E-state index contributed by atoms with van der Waals surface area (Å²) in [6, 6.07) is 0. The lowest BCUT2D eigenvalue weighted by Gasteiger charge is -1.65. The number of hydrogen-bond acceptors (Lipinski definition) is 2. The zero-order valence-electron chi connectivity index (χ0n) is 5.18. The molecule has 2 N–H and O–H groups in total. The minimum absolute atomic E-state index is 0.481. The maximum absolute atomic E-state index is 9.47. The van der Waals surface area contributed by atoms with E-state index in [1.807, 2.05) is 0 Å². The third-order valence-electron chi connectivity index (χ3n) is 0.201. The first kappa shape index (κ1) is 10.2. The Morgan fingerprint density at radius 2 is 1.88 bits per heavy atom. The summed E-state index contributed by atoms with van der Waals surface area (Å²) >= 11 is 0. The highest BCUT2D eigenvalue weighted by Gasteiger charge is 1.69. The van der Waals surface area contributed by atoms with Crippen LogP contribution in [0.4, 0.5) is 0 Å². The Balaban J connectivity index is 0. The van der Waals surface area contributed by atoms with Crippen molar-refractivity contribution in [3.05, 3.63) is 12.7 Å². The smallest absolute Gasteiger partial charge is 0.240 e. The van der Waals surface area contributed by atoms with Crippen molar-refractivity contribution in [3.63, 3.8) is 0 Å². The number of primary amides is 1. The molecule has 0 aliphatic heterocycles. The molecule has 0 bridgehead atoms. The van der Waals surface area contributed by atoms with Gasteiger partial charge in [0, 0.05) is 14.2 Å². The molecule has 0 radical (unpaired) electrons. The van der Waals surface area contributed by atoms with Gasteiger partial charge in [-0.05, 0) is 6.08 Å². The van der Waals surface area contributed by atoms with Gasteiger partial charge in [0.2, 0.25) is 5.91 Å². The van der Waals surface area contributed by atoms with Crippen molar-refractivity contribution >= 4 is 5.91 Å². The summed E-state index contributed by atoms with van der Waals surface area (Å²) in [5.74, 6) is -0.481. The van der Waals surface area contributed by atoms with E-state index in [1.165, 1.54) is 0 Å². The van der Waals surface area contributed by atoms with Crippen LogP contribution in [0, 0.1) is 0 Å². The molecule has 1 amide bonds. The SMILES string of the molecule is C=CC(N)=O.COC. The van der Waals surface area contributed by atoms with Gasteiger partial charge in [0.15, 0.2) is 0 Å². The molecular formula is C5H11NO2. The number of carbonyl (C=O) groups is 1. The van der Waals surface area contributed by atoms with Crippen LogP contribution in [0.25, 0.3) is 0 Å². The van der Waals surface area contributed by atoms with Crippen molar-refractivity contribution in [1.82, 2.24) is 0 Å². The van der Waals surface area contributed by atoms with Crippen LogP contribution in [0.15, 0.2) is 12.7 Å². The molecular weight excluding hydrogens is 106 g/mol. The number of amides is 1. The third-order valence-corrected chi connectivity index (χ3v) is 0.201. The van der Waals surface area contributed by atoms with Crippen LogP contribution >= 0.6 is 0 Å². The molecule has 3 heteroatoms. The van der Waals surface area contributed by atoms with Crippen LogP contribution in [-0.4, -0.2) is 20.1 Å². The highest BCUT2D eigenvalue weighted by molar-refractivity contribution is 5.84. The second kappa shape index (κ2) is 9.48. The first-order chi connectivity index (χ1) is 3.68. The van der Waals surface area contributed by atoms with Crippen LogP contribution in [0.5, 0.6) is 0 Å². The molecule has 0 aromatic heterocycles. The van der Waals surface area contributed by atoms with E-state index in [0.717, 1.165) is 6.08 Å². The van der Waals surface area contributed by atoms with Gasteiger partial charge in [0.25, 0.3) is 0 Å². The zero-order valence-corrected chi connectivity index (χ0v) is 5.18. The van der Waals surface area contributed by atoms with Crippen molar-refractivity contribution in [2.75, 3.05) is 14.2 Å². The van der Waals surface area contributed by atoms with Crippen molar-refractivity contribution in [2.24, 2.45) is 5.73 Å². The summed E-state index contributed by atoms with van der Waals surface area (Å²) in [6.45, 7) is 3.09. The fraction of sp³-hybridized carbons (Fsp3) is 0.400. The Kier molecular flexibility index (Phi) is 12.1. The molecule has 48 valence electrons. The third kappa shape index (κ3) is 65.7. The Morgan fingerprint density at radius 1 is 1.75 bits per heavy atom. The van der Waals surface area contributed by atoms with Crippen molar-refractivity contribution < 1.29 is 9.53 Å². The number of hydrogen-bond donors (Lipinski definition) is 1. The molecule has 0 saturated carbocycles. The number of rotatable bonds is 1. The Hall–Kier alpha value is -0.830. The second-order valence-corrected chi connectivity index (χ2v) is 1.01. The van der Waals surface area contributed by atoms with E-state index in [2.05, 4.69) is 17.0 Å². The predicted octanol–water partition coefficient (Wildman–Crippen LogP) is -0.0797. The summed E-state index contributed by atoms with van der Waals surface area (Å²) in [6.07, 6.45) is 1.06. The summed E-state index contributed by atoms with van der Waals surface area (Å²) < 4.78 is 4.25. The fourth-order valence-corrected chi connectivity index (χ4v) is 0. The van der Waals surface area contributed by atoms with Gasteiger partial charge in [-0.1, -0.05) is 6.58 Å². The van der Waals surface area contributed by atoms with E-state index in [4.69, 9.17) is 0 Å². The largest absolute Gasteiger partial charge is 0.388 e. The van der Waals surface area contributed by atoms with E-state index < -0.39 is 5.91 Å². The minimum Gasteiger partial charge on any atom is -0.388 e. The van der Waals surface area contributed by atoms with Crippen molar-refractivity contribution in [3.8, 4) is 0 Å². The van der Waals surface area contributed by atoms with Crippen LogP contribution in [0.3, 0.4) is 0 Å². The lowest BCUT2D eigenvalue weighted by Crippen LogP contribution is -2.04. The van der Waals surface area contributed by atoms with Gasteiger partial charge >= 0.3 is 0 Å². The average Bonchev–Trinajstić information content (AvgIpc) is 1.69. The van der Waals surface area contributed by atoms with Gasteiger partial charge in [-0.2, -0.15) is 0 Å². The standard InChI is InChI=1S/C3H5NO.C2H6O/c1-2-3(4)5;1-3-2/h2H,1H2,(H2,4,5);1-2H3. The number of carbonyl (C=O) groups excluding carboxylic acids is 1. The predicted molar refractivity (Wildman–Crippen MR) is 32.3 cm³/mol. The van der Waals surface area contributed by atoms with Crippen LogP contribution in [0.1, 0.15) is 0 Å². The Bertz CT molecular complexity index is 70.8. The molecule has 0 rings (SSSR count). The highest BCUT2D eigenvalue weighted by atomic mass is 16.4. The first-order valence-electron chi connectivity index (χ1n) is 2.01. The molecule has 0 aliphatic carbocycles. The quantitative estimate of drug-likeness (QED) is 0.488. The average molecular weight is 117 g/mol. The number of nitrogens with two attached hydrogens (primary N) is 1. The lowest BCUT2D eigenvalue weighted by molar-refractivity contribution is -0.113. The monoisotopic (exact) mass is 117 g/mol. The Labute approximate surface area is 49.1 Å². The first-order valence-corrected chi connectivity index (χ1v) is 2.01. The molecule has 0 atom stereocenters. The van der Waals surface area contributed by atoms with Crippen LogP contribution < -0.4 is 5.73 Å². The summed E-state index contributed by atoms with van der Waals surface area (Å²) in [5.41, 5.74) is 4.53. The van der Waals surface area contributed by atoms with E-state index in [1.54, 1.807) is 14.2 Å². The van der Waals surface area contributed by atoms with Crippen LogP contribution in [0.2, 0.25) is 0 Å². The summed E-state index contributed by atoms with van der Waals surface area (Å²) in [7, 11) is 3.25. The lowest BCUT2D eigenvalue weighted by atomic mass is 10.6. The van der Waals surface area contributed by atoms with Crippen molar-refractivity contribution in [1.29, 1.82) is 0 Å². The van der Waals surface area contributed by atoms with Crippen molar-refractivity contribution in [2.45, 2.75) is 0 Å². The molecule has 8 heavy (non-hydrogen) atoms. The molecule has 0 heterocycles. The van der Waals surface area contributed by atoms with E-state index >= 15 is 0 Å². The number of ether oxygens (including phenoxy) is 1. The van der Waals surface area contributed by atoms with Gasteiger partial charge in [-0.3, -0.25) is 4.79 Å². The minimum atomic E-state index is -0.481. The summed E-state index contributed by atoms with van der Waals surface area (Å²) in [5, 5.41) is 0. The normalized spacial score (nSPS) is 6.25. The van der Waals surface area contributed by atoms with Gasteiger partial charge in [0.1, 0.15) is 0 Å². The summed E-state index contributed by atoms with van der Waals surface area (Å²) in [4.78, 5) is 9.47. The fourth-order valence-electron chi connectivity index (χ4n) is 0. The highest BCUT2D eigenvalue weighted by Crippen LogP contribution is 1.48. The molecule has 0 aromatic carbocycles. The molecule has 0 unspecified atom stereocenters. The zero-order chi connectivity index (χ0) is 6.99. The van der Waals surface area contributed by atoms with Gasteiger partial charge in [-0.25, -0.2) is 0 Å². The molecule has 0 aliphatic rings. The molecule has 0 saturated heterocycles. The maximum atomic E-state index is 9.47. The molecule has 0 aromatic rings. The van der Waals surface area contributed by atoms with E-state index in [9.17, 15) is 4.79 Å². The molecule has 3 nitrogen and oxygen atoms in total. The molecule has 0 fully saturated rings. The van der Waals surface area contributed by atoms with Gasteiger partial charge in [-0.15, -0.1) is 0 Å². The maximum Gasteiger partial charge on any atom is 0.240 e. The Morgan fingerprint density at radius 3 is 1.88 bits per heavy atom.